The van der Waals surface area contributed by atoms with Crippen molar-refractivity contribution in [3.8, 4) is 0 Å². The third kappa shape index (κ3) is 4.00. The Bertz CT molecular complexity index is 196. The Morgan fingerprint density at radius 1 is 1.50 bits per heavy atom. The first-order chi connectivity index (χ1) is 6.58. The molecule has 82 valence electrons. The highest BCUT2D eigenvalue weighted by Crippen LogP contribution is 2.29. The van der Waals surface area contributed by atoms with E-state index in [1.807, 2.05) is 0 Å². The fourth-order valence-corrected chi connectivity index (χ4v) is 1.94. The van der Waals surface area contributed by atoms with Gasteiger partial charge in [-0.15, -0.1) is 0 Å². The average molecular weight is 208 g/mol. The van der Waals surface area contributed by atoms with Crippen molar-refractivity contribution in [3.05, 3.63) is 0 Å². The molecule has 5 heteroatoms. The van der Waals surface area contributed by atoms with E-state index in [1.54, 1.807) is 0 Å². The molecule has 0 amide bonds. The van der Waals surface area contributed by atoms with E-state index in [2.05, 4.69) is 4.74 Å². The summed E-state index contributed by atoms with van der Waals surface area (Å²) >= 11 is 0. The van der Waals surface area contributed by atoms with Gasteiger partial charge in [-0.3, -0.25) is 4.79 Å². The molecule has 0 spiro atoms. The van der Waals surface area contributed by atoms with E-state index in [4.69, 9.17) is 5.11 Å². The molecule has 14 heavy (non-hydrogen) atoms. The summed E-state index contributed by atoms with van der Waals surface area (Å²) in [5, 5.41) is 8.54. The lowest BCUT2D eigenvalue weighted by molar-refractivity contribution is -0.173. The van der Waals surface area contributed by atoms with E-state index in [0.717, 1.165) is 12.8 Å². The second kappa shape index (κ2) is 5.24. The van der Waals surface area contributed by atoms with Crippen molar-refractivity contribution in [2.24, 2.45) is 5.92 Å². The number of carboxylic acid groups (broad SMARTS) is 1. The molecule has 0 aromatic rings. The van der Waals surface area contributed by atoms with Gasteiger partial charge in [0.15, 0.2) is 0 Å². The van der Waals surface area contributed by atoms with Crippen LogP contribution in [0.4, 0.5) is 8.78 Å². The summed E-state index contributed by atoms with van der Waals surface area (Å²) in [5.41, 5.74) is 0. The second-order valence-electron chi connectivity index (χ2n) is 3.65. The zero-order valence-electron chi connectivity index (χ0n) is 7.79. The van der Waals surface area contributed by atoms with Crippen LogP contribution in [0, 0.1) is 5.92 Å². The van der Waals surface area contributed by atoms with Crippen molar-refractivity contribution in [1.82, 2.24) is 0 Å². The number of hydrogen-bond acceptors (Lipinski definition) is 2. The van der Waals surface area contributed by atoms with Gasteiger partial charge in [-0.25, -0.2) is 0 Å². The van der Waals surface area contributed by atoms with Crippen molar-refractivity contribution >= 4 is 5.97 Å². The first kappa shape index (κ1) is 11.4. The SMILES string of the molecule is O=C(O)CC1CCCC(OC(F)F)C1. The lowest BCUT2D eigenvalue weighted by atomic mass is 9.85. The number of halogens is 2. The summed E-state index contributed by atoms with van der Waals surface area (Å²) < 4.78 is 28.1. The maximum Gasteiger partial charge on any atom is 0.345 e. The predicted molar refractivity (Wildman–Crippen MR) is 45.1 cm³/mol. The molecule has 1 aliphatic carbocycles. The van der Waals surface area contributed by atoms with Gasteiger partial charge >= 0.3 is 12.6 Å². The van der Waals surface area contributed by atoms with Crippen LogP contribution >= 0.6 is 0 Å². The standard InChI is InChI=1S/C9H14F2O3/c10-9(11)14-7-3-1-2-6(4-7)5-8(12)13/h6-7,9H,1-5H2,(H,12,13). The number of hydrogen-bond donors (Lipinski definition) is 1. The highest BCUT2D eigenvalue weighted by Gasteiger charge is 2.26. The molecule has 0 radical (unpaired) electrons. The second-order valence-corrected chi connectivity index (χ2v) is 3.65. The molecule has 0 bridgehead atoms. The van der Waals surface area contributed by atoms with E-state index in [9.17, 15) is 13.6 Å². The fourth-order valence-electron chi connectivity index (χ4n) is 1.94. The smallest absolute Gasteiger partial charge is 0.345 e. The van der Waals surface area contributed by atoms with Crippen LogP contribution in [0.2, 0.25) is 0 Å². The van der Waals surface area contributed by atoms with Gasteiger partial charge in [0.05, 0.1) is 6.10 Å². The maximum atomic E-state index is 11.9. The average Bonchev–Trinajstić information content (AvgIpc) is 2.01. The molecule has 0 aliphatic heterocycles. The Kier molecular flexibility index (Phi) is 4.25. The van der Waals surface area contributed by atoms with Gasteiger partial charge in [0, 0.05) is 6.42 Å². The third-order valence-corrected chi connectivity index (χ3v) is 2.49. The van der Waals surface area contributed by atoms with Gasteiger partial charge in [-0.05, 0) is 25.2 Å². The summed E-state index contributed by atoms with van der Waals surface area (Å²) in [7, 11) is 0. The van der Waals surface area contributed by atoms with Crippen LogP contribution in [0.15, 0.2) is 0 Å². The molecule has 0 aromatic carbocycles. The number of carbonyl (C=O) groups is 1. The van der Waals surface area contributed by atoms with Crippen molar-refractivity contribution in [3.63, 3.8) is 0 Å². The molecule has 1 N–H and O–H groups in total. The van der Waals surface area contributed by atoms with Crippen molar-refractivity contribution in [1.29, 1.82) is 0 Å². The minimum Gasteiger partial charge on any atom is -0.481 e. The molecule has 0 saturated heterocycles. The number of ether oxygens (including phenoxy) is 1. The Hall–Kier alpha value is -0.710. The number of alkyl halides is 2. The molecule has 2 unspecified atom stereocenters. The molecular weight excluding hydrogens is 194 g/mol. The van der Waals surface area contributed by atoms with Crippen LogP contribution < -0.4 is 0 Å². The molecular formula is C9H14F2O3. The van der Waals surface area contributed by atoms with E-state index in [1.165, 1.54) is 0 Å². The minimum atomic E-state index is -2.75. The van der Waals surface area contributed by atoms with Crippen LogP contribution in [0.25, 0.3) is 0 Å². The van der Waals surface area contributed by atoms with Gasteiger partial charge in [-0.1, -0.05) is 6.42 Å². The van der Waals surface area contributed by atoms with Crippen molar-refractivity contribution < 1.29 is 23.4 Å². The minimum absolute atomic E-state index is 0.00926. The molecule has 1 saturated carbocycles. The largest absolute Gasteiger partial charge is 0.481 e. The number of rotatable bonds is 4. The topological polar surface area (TPSA) is 46.5 Å². The van der Waals surface area contributed by atoms with Crippen molar-refractivity contribution in [2.75, 3.05) is 0 Å². The molecule has 0 aromatic heterocycles. The van der Waals surface area contributed by atoms with E-state index in [-0.39, 0.29) is 12.3 Å². The normalized spacial score (nSPS) is 27.9. The zero-order chi connectivity index (χ0) is 10.6. The van der Waals surface area contributed by atoms with Crippen LogP contribution in [0.1, 0.15) is 32.1 Å². The molecule has 3 nitrogen and oxygen atoms in total. The van der Waals surface area contributed by atoms with Crippen LogP contribution in [0.5, 0.6) is 0 Å². The first-order valence-corrected chi connectivity index (χ1v) is 4.73. The Balaban J connectivity index is 2.32. The maximum absolute atomic E-state index is 11.9. The Labute approximate surface area is 81.1 Å². The zero-order valence-corrected chi connectivity index (χ0v) is 7.79. The monoisotopic (exact) mass is 208 g/mol. The van der Waals surface area contributed by atoms with Crippen LogP contribution in [-0.2, 0) is 9.53 Å². The van der Waals surface area contributed by atoms with E-state index >= 15 is 0 Å². The van der Waals surface area contributed by atoms with Gasteiger partial charge in [0.2, 0.25) is 0 Å². The first-order valence-electron chi connectivity index (χ1n) is 4.73. The highest BCUT2D eigenvalue weighted by atomic mass is 19.3. The van der Waals surface area contributed by atoms with Crippen LogP contribution in [-0.4, -0.2) is 23.8 Å². The quantitative estimate of drug-likeness (QED) is 0.770. The summed E-state index contributed by atoms with van der Waals surface area (Å²) in [6, 6.07) is 0. The molecule has 0 heterocycles. The van der Waals surface area contributed by atoms with Gasteiger partial charge in [-0.2, -0.15) is 8.78 Å². The predicted octanol–water partition coefficient (Wildman–Crippen LogP) is 2.26. The summed E-state index contributed by atoms with van der Waals surface area (Å²) in [6.07, 6.45) is 2.22. The summed E-state index contributed by atoms with van der Waals surface area (Å²) in [6.45, 7) is -2.75. The highest BCUT2D eigenvalue weighted by molar-refractivity contribution is 5.67. The third-order valence-electron chi connectivity index (χ3n) is 2.49. The fraction of sp³-hybridized carbons (Fsp3) is 0.889. The van der Waals surface area contributed by atoms with Gasteiger partial charge in [0.1, 0.15) is 0 Å². The van der Waals surface area contributed by atoms with Crippen molar-refractivity contribution in [2.45, 2.75) is 44.8 Å². The van der Waals surface area contributed by atoms with Gasteiger partial charge < -0.3 is 9.84 Å². The summed E-state index contributed by atoms with van der Waals surface area (Å²) in [4.78, 5) is 10.4. The van der Waals surface area contributed by atoms with E-state index < -0.39 is 18.7 Å². The lowest BCUT2D eigenvalue weighted by Gasteiger charge is -2.27. The van der Waals surface area contributed by atoms with Crippen LogP contribution in [0.3, 0.4) is 0 Å². The molecule has 1 aliphatic rings. The Morgan fingerprint density at radius 2 is 2.21 bits per heavy atom. The number of carboxylic acids is 1. The molecule has 1 rings (SSSR count). The van der Waals surface area contributed by atoms with Gasteiger partial charge in [0.25, 0.3) is 0 Å². The number of aliphatic carboxylic acids is 1. The lowest BCUT2D eigenvalue weighted by Crippen LogP contribution is -2.26. The summed E-state index contributed by atoms with van der Waals surface area (Å²) in [5.74, 6) is -0.877. The molecule has 2 atom stereocenters. The van der Waals surface area contributed by atoms with E-state index in [0.29, 0.717) is 12.8 Å². The Morgan fingerprint density at radius 3 is 2.79 bits per heavy atom. The molecule has 1 fully saturated rings.